The van der Waals surface area contributed by atoms with Crippen LogP contribution in [0, 0.1) is 0 Å². The zero-order valence-electron chi connectivity index (χ0n) is 45.3. The molecule has 4 saturated heterocycles. The highest BCUT2D eigenvalue weighted by atomic mass is 16.8. The van der Waals surface area contributed by atoms with Crippen LogP contribution in [-0.2, 0) is 97.5 Å². The zero-order valence-corrected chi connectivity index (χ0v) is 45.3. The minimum absolute atomic E-state index is 0.00734. The number of esters is 2. The summed E-state index contributed by atoms with van der Waals surface area (Å²) >= 11 is 0. The summed E-state index contributed by atoms with van der Waals surface area (Å²) in [5.74, 6) is -2.35. The number of aliphatic hydroxyl groups excluding tert-OH is 9. The van der Waals surface area contributed by atoms with Crippen molar-refractivity contribution in [2.24, 2.45) is 0 Å². The van der Waals surface area contributed by atoms with Crippen LogP contribution in [0.15, 0.2) is 121 Å². The molecule has 4 aliphatic heterocycles. The fraction of sp³-hybridized carbons (Fsp3) is 0.526. The lowest BCUT2D eigenvalue weighted by molar-refractivity contribution is -0.386. The molecule has 0 aromatic heterocycles. The first kappa shape index (κ1) is 63.4. The van der Waals surface area contributed by atoms with Crippen molar-refractivity contribution in [3.8, 4) is 0 Å². The van der Waals surface area contributed by atoms with Crippen LogP contribution in [-0.4, -0.2) is 232 Å². The fourth-order valence-corrected chi connectivity index (χ4v) is 9.68. The zero-order chi connectivity index (χ0) is 59.2. The third-order valence-corrected chi connectivity index (χ3v) is 14.2. The number of benzene rings is 4. The first-order valence-corrected chi connectivity index (χ1v) is 26.8. The molecule has 20 atom stereocenters. The van der Waals surface area contributed by atoms with Gasteiger partial charge in [0.05, 0.1) is 47.3 Å². The molecule has 454 valence electrons. The Morgan fingerprint density at radius 2 is 0.831 bits per heavy atom. The van der Waals surface area contributed by atoms with E-state index in [-0.39, 0.29) is 46.1 Å². The highest BCUT2D eigenvalue weighted by Crippen LogP contribution is 2.36. The van der Waals surface area contributed by atoms with Gasteiger partial charge in [0.15, 0.2) is 37.4 Å². The molecule has 4 aliphatic rings. The van der Waals surface area contributed by atoms with Crippen molar-refractivity contribution in [3.63, 3.8) is 0 Å². The average Bonchev–Trinajstić information content (AvgIpc) is 2.86. The maximum atomic E-state index is 13.5. The topological polar surface area (TPSA) is 357 Å². The van der Waals surface area contributed by atoms with E-state index in [2.05, 4.69) is 4.74 Å². The molecule has 0 saturated carbocycles. The van der Waals surface area contributed by atoms with E-state index in [0.29, 0.717) is 5.56 Å². The molecule has 0 aliphatic carbocycles. The van der Waals surface area contributed by atoms with Gasteiger partial charge in [0.2, 0.25) is 0 Å². The lowest BCUT2D eigenvalue weighted by atomic mass is 9.95. The Labute approximate surface area is 476 Å². The molecule has 9 N–H and O–H groups in total. The Morgan fingerprint density at radius 1 is 0.434 bits per heavy atom. The molecular weight excluding hydrogens is 1100 g/mol. The third kappa shape index (κ3) is 16.2. The number of amides is 1. The number of carbonyl (C=O) groups excluding carboxylic acids is 3. The number of ether oxygens (including phenoxy) is 13. The standard InChI is InChI=1S/C57H71NO25/c1-71-51(68)49-38(60)37(59)41(63)55(82-49)79-47-36(30-74-27-33-19-11-5-12-20-33)78-54(43(65)40(47)62)81-48-44(66)50(52(69)72-2)83-56(45(48)67)80-46-35(29-73-26-32-17-9-4-10-18-32)77-53(42(64)39(46)61)75-24-23-58(25-31-15-7-3-8-16-31)57(70)76-28-34-21-13-6-14-22-34/h3-22,35-50,53-56,59-67H,23-30H2,1-2H3. The van der Waals surface area contributed by atoms with Gasteiger partial charge in [-0.1, -0.05) is 121 Å². The smallest absolute Gasteiger partial charge is 0.410 e. The summed E-state index contributed by atoms with van der Waals surface area (Å²) in [5.41, 5.74) is 2.99. The lowest BCUT2D eigenvalue weighted by Crippen LogP contribution is -2.68. The van der Waals surface area contributed by atoms with Crippen molar-refractivity contribution < 1.29 is 122 Å². The summed E-state index contributed by atoms with van der Waals surface area (Å²) in [5, 5.41) is 103. The van der Waals surface area contributed by atoms with Crippen LogP contribution in [0.4, 0.5) is 4.79 Å². The molecule has 0 spiro atoms. The van der Waals surface area contributed by atoms with Gasteiger partial charge < -0.3 is 112 Å². The van der Waals surface area contributed by atoms with E-state index >= 15 is 0 Å². The summed E-state index contributed by atoms with van der Waals surface area (Å²) in [6.07, 6.45) is -39.0. The molecule has 0 bridgehead atoms. The molecule has 1 amide bonds. The van der Waals surface area contributed by atoms with E-state index in [4.69, 9.17) is 56.8 Å². The number of rotatable bonds is 24. The second kappa shape index (κ2) is 30.4. The average molecular weight is 1170 g/mol. The second-order valence-corrected chi connectivity index (χ2v) is 20.0. The Bertz CT molecular complexity index is 2600. The molecule has 4 fully saturated rings. The third-order valence-electron chi connectivity index (χ3n) is 14.2. The molecule has 26 heteroatoms. The summed E-state index contributed by atoms with van der Waals surface area (Å²) in [7, 11) is 1.96. The predicted octanol–water partition coefficient (Wildman–Crippen LogP) is -1.08. The number of carbonyl (C=O) groups is 3. The number of hydrogen-bond acceptors (Lipinski definition) is 25. The number of nitrogens with zero attached hydrogens (tertiary/aromatic N) is 1. The Kier molecular flexibility index (Phi) is 23.2. The molecule has 8 rings (SSSR count). The molecule has 4 heterocycles. The SMILES string of the molecule is COC(=O)C1OC(OC2C(COCc3ccccc3)OC(OC3C(O)C(OC4C(COCc5ccccc5)OC(OCCN(Cc5ccccc5)C(=O)OCc5ccccc5)C(O)C4O)OC(C(=O)OC)C3O)C(O)C2O)C(O)C(O)C1O. The van der Waals surface area contributed by atoms with Gasteiger partial charge in [-0.05, 0) is 22.3 Å². The van der Waals surface area contributed by atoms with Gasteiger partial charge in [0, 0.05) is 13.1 Å². The van der Waals surface area contributed by atoms with Crippen LogP contribution in [0.2, 0.25) is 0 Å². The van der Waals surface area contributed by atoms with Crippen LogP contribution in [0.25, 0.3) is 0 Å². The van der Waals surface area contributed by atoms with Gasteiger partial charge in [-0.15, -0.1) is 0 Å². The van der Waals surface area contributed by atoms with E-state index in [0.717, 1.165) is 30.9 Å². The molecule has 0 radical (unpaired) electrons. The van der Waals surface area contributed by atoms with Crippen molar-refractivity contribution >= 4 is 18.0 Å². The summed E-state index contributed by atoms with van der Waals surface area (Å²) in [4.78, 5) is 40.7. The fourth-order valence-electron chi connectivity index (χ4n) is 9.68. The van der Waals surface area contributed by atoms with Gasteiger partial charge in [-0.25, -0.2) is 14.4 Å². The van der Waals surface area contributed by atoms with Crippen molar-refractivity contribution in [3.05, 3.63) is 144 Å². The quantitative estimate of drug-likeness (QED) is 0.0298. The Balaban J connectivity index is 0.995. The van der Waals surface area contributed by atoms with Gasteiger partial charge in [-0.3, -0.25) is 0 Å². The first-order chi connectivity index (χ1) is 40.1. The van der Waals surface area contributed by atoms with Gasteiger partial charge in [0.1, 0.15) is 92.1 Å². The summed E-state index contributed by atoms with van der Waals surface area (Å²) in [6.45, 7) is -1.04. The highest BCUT2D eigenvalue weighted by Gasteiger charge is 2.57. The van der Waals surface area contributed by atoms with Crippen molar-refractivity contribution in [2.45, 2.75) is 149 Å². The molecule has 83 heavy (non-hydrogen) atoms. The molecule has 4 aromatic rings. The number of methoxy groups -OCH3 is 2. The second-order valence-electron chi connectivity index (χ2n) is 20.0. The van der Waals surface area contributed by atoms with Crippen LogP contribution in [0.1, 0.15) is 22.3 Å². The monoisotopic (exact) mass is 1170 g/mol. The van der Waals surface area contributed by atoms with Crippen molar-refractivity contribution in [2.75, 3.05) is 40.6 Å². The molecular formula is C57H71NO25. The van der Waals surface area contributed by atoms with Crippen LogP contribution in [0.5, 0.6) is 0 Å². The van der Waals surface area contributed by atoms with E-state index in [1.807, 2.05) is 66.7 Å². The van der Waals surface area contributed by atoms with Gasteiger partial charge >= 0.3 is 18.0 Å². The predicted molar refractivity (Wildman–Crippen MR) is 279 cm³/mol. The van der Waals surface area contributed by atoms with E-state index in [1.165, 1.54) is 4.90 Å². The number of aliphatic hydroxyl groups is 9. The first-order valence-electron chi connectivity index (χ1n) is 26.8. The number of hydrogen-bond donors (Lipinski definition) is 9. The minimum atomic E-state index is -2.17. The van der Waals surface area contributed by atoms with Crippen molar-refractivity contribution in [1.29, 1.82) is 0 Å². The van der Waals surface area contributed by atoms with Crippen LogP contribution in [0.3, 0.4) is 0 Å². The minimum Gasteiger partial charge on any atom is -0.467 e. The van der Waals surface area contributed by atoms with Crippen LogP contribution < -0.4 is 0 Å². The van der Waals surface area contributed by atoms with E-state index in [1.54, 1.807) is 54.6 Å². The maximum absolute atomic E-state index is 13.5. The largest absolute Gasteiger partial charge is 0.467 e. The highest BCUT2D eigenvalue weighted by molar-refractivity contribution is 5.76. The van der Waals surface area contributed by atoms with Crippen molar-refractivity contribution in [1.82, 2.24) is 4.90 Å². The lowest BCUT2D eigenvalue weighted by Gasteiger charge is -2.49. The van der Waals surface area contributed by atoms with E-state index < -0.39 is 147 Å². The van der Waals surface area contributed by atoms with Gasteiger partial charge in [-0.2, -0.15) is 0 Å². The molecule has 4 aromatic carbocycles. The van der Waals surface area contributed by atoms with E-state index in [9.17, 15) is 60.3 Å². The normalized spacial score (nSPS) is 33.6. The van der Waals surface area contributed by atoms with Gasteiger partial charge in [0.25, 0.3) is 0 Å². The summed E-state index contributed by atoms with van der Waals surface area (Å²) in [6, 6.07) is 36.0. The Hall–Kier alpha value is -5.67. The maximum Gasteiger partial charge on any atom is 0.410 e. The Morgan fingerprint density at radius 3 is 1.33 bits per heavy atom. The van der Waals surface area contributed by atoms with Crippen LogP contribution >= 0.6 is 0 Å². The molecule has 26 nitrogen and oxygen atoms in total. The summed E-state index contributed by atoms with van der Waals surface area (Å²) < 4.78 is 74.9. The molecule has 20 unspecified atom stereocenters.